The maximum Gasteiger partial charge on any atom is 0.339 e. The van der Waals surface area contributed by atoms with E-state index in [2.05, 4.69) is 27.4 Å². The number of hydrogen-bond donors (Lipinski definition) is 1. The van der Waals surface area contributed by atoms with Gasteiger partial charge in [0.1, 0.15) is 5.69 Å². The van der Waals surface area contributed by atoms with Gasteiger partial charge in [0.25, 0.3) is 0 Å². The van der Waals surface area contributed by atoms with Gasteiger partial charge in [0.15, 0.2) is 0 Å². The summed E-state index contributed by atoms with van der Waals surface area (Å²) in [4.78, 5) is 13.1. The van der Waals surface area contributed by atoms with Crippen molar-refractivity contribution in [2.75, 3.05) is 5.32 Å². The van der Waals surface area contributed by atoms with Gasteiger partial charge in [-0.2, -0.15) is 0 Å². The molecule has 0 unspecified atom stereocenters. The summed E-state index contributed by atoms with van der Waals surface area (Å²) in [5.74, 6) is 0. The van der Waals surface area contributed by atoms with Crippen molar-refractivity contribution in [3.05, 3.63) is 82.1 Å². The minimum absolute atomic E-state index is 0. The second-order valence-corrected chi connectivity index (χ2v) is 7.27. The van der Waals surface area contributed by atoms with E-state index < -0.39 is 0 Å². The molecule has 0 atom stereocenters. The Bertz CT molecular complexity index is 1150. The van der Waals surface area contributed by atoms with E-state index in [1.807, 2.05) is 74.2 Å². The van der Waals surface area contributed by atoms with E-state index >= 15 is 0 Å². The van der Waals surface area contributed by atoms with Crippen LogP contribution < -0.4 is 32.4 Å². The van der Waals surface area contributed by atoms with Gasteiger partial charge in [-0.1, -0.05) is 59.9 Å². The fraction of sp³-hybridized carbons (Fsp3) is 0.143. The zero-order chi connectivity index (χ0) is 19.0. The molecular formula is C21H21BrN4OS. The van der Waals surface area contributed by atoms with Crippen LogP contribution >= 0.6 is 11.3 Å². The molecule has 4 aromatic rings. The van der Waals surface area contributed by atoms with Crippen molar-refractivity contribution in [2.45, 2.75) is 6.92 Å². The highest BCUT2D eigenvalue weighted by atomic mass is 79.9. The fourth-order valence-electron chi connectivity index (χ4n) is 3.18. The second-order valence-electron chi connectivity index (χ2n) is 6.41. The van der Waals surface area contributed by atoms with Crippen LogP contribution in [0, 0.1) is 6.92 Å². The first-order valence-electron chi connectivity index (χ1n) is 8.72. The highest BCUT2D eigenvalue weighted by Gasteiger charge is 2.23. The Balaban J connectivity index is 0.00000225. The zero-order valence-corrected chi connectivity index (χ0v) is 18.3. The summed E-state index contributed by atoms with van der Waals surface area (Å²) in [6.45, 7) is 1.95. The van der Waals surface area contributed by atoms with Crippen LogP contribution in [0.25, 0.3) is 16.9 Å². The van der Waals surface area contributed by atoms with Crippen molar-refractivity contribution in [1.29, 1.82) is 0 Å². The highest BCUT2D eigenvalue weighted by molar-refractivity contribution is 7.13. The number of nitrogens with one attached hydrogen (secondary N) is 1. The fourth-order valence-corrected chi connectivity index (χ4v) is 4.12. The average Bonchev–Trinajstić information content (AvgIpc) is 3.16. The summed E-state index contributed by atoms with van der Waals surface area (Å²) in [6, 6.07) is 19.9. The first kappa shape index (κ1) is 20.1. The van der Waals surface area contributed by atoms with Crippen LogP contribution in [-0.2, 0) is 14.1 Å². The van der Waals surface area contributed by atoms with Crippen molar-refractivity contribution < 1.29 is 21.5 Å². The van der Waals surface area contributed by atoms with Crippen LogP contribution in [0.2, 0.25) is 0 Å². The Labute approximate surface area is 178 Å². The first-order valence-corrected chi connectivity index (χ1v) is 9.60. The molecule has 144 valence electrons. The number of para-hydroxylation sites is 1. The lowest BCUT2D eigenvalue weighted by molar-refractivity contribution is -0.641. The van der Waals surface area contributed by atoms with E-state index in [0.717, 1.165) is 27.8 Å². The lowest BCUT2D eigenvalue weighted by Crippen LogP contribution is -3.00. The van der Waals surface area contributed by atoms with Crippen LogP contribution in [0.4, 0.5) is 10.8 Å². The molecule has 0 bridgehead atoms. The van der Waals surface area contributed by atoms with Crippen LogP contribution in [0.1, 0.15) is 5.69 Å². The van der Waals surface area contributed by atoms with Gasteiger partial charge in [-0.05, 0) is 19.1 Å². The number of anilines is 2. The van der Waals surface area contributed by atoms with E-state index in [-0.39, 0.29) is 22.5 Å². The molecule has 0 spiro atoms. The quantitative estimate of drug-likeness (QED) is 0.461. The molecule has 0 fully saturated rings. The molecule has 4 rings (SSSR count). The molecule has 0 aliphatic rings. The standard InChI is InChI=1S/C21H20N4OS.BrH/c1-15-19(20(26)25(24(15)3)17-12-8-5-9-13-17)22-21-23(2)18(14-27-21)16-10-6-4-7-11-16;/h4-14H,1-3H3;1H. The maximum atomic E-state index is 13.1. The molecule has 0 aliphatic carbocycles. The van der Waals surface area contributed by atoms with Crippen molar-refractivity contribution in [3.8, 4) is 16.9 Å². The lowest BCUT2D eigenvalue weighted by Gasteiger charge is -2.06. The van der Waals surface area contributed by atoms with Gasteiger partial charge in [-0.25, -0.2) is 14.6 Å². The Hall–Kier alpha value is -2.64. The third kappa shape index (κ3) is 3.43. The van der Waals surface area contributed by atoms with Crippen molar-refractivity contribution in [2.24, 2.45) is 14.1 Å². The normalized spacial score (nSPS) is 10.5. The maximum absolute atomic E-state index is 13.1. The minimum atomic E-state index is -0.0594. The molecule has 28 heavy (non-hydrogen) atoms. The van der Waals surface area contributed by atoms with E-state index in [9.17, 15) is 4.79 Å². The van der Waals surface area contributed by atoms with Crippen molar-refractivity contribution in [3.63, 3.8) is 0 Å². The van der Waals surface area contributed by atoms with Crippen LogP contribution in [-0.4, -0.2) is 9.36 Å². The van der Waals surface area contributed by atoms with Gasteiger partial charge in [0, 0.05) is 18.0 Å². The van der Waals surface area contributed by atoms with Gasteiger partial charge >= 0.3 is 10.7 Å². The number of nitrogens with zero attached hydrogens (tertiary/aromatic N) is 3. The third-order valence-electron chi connectivity index (χ3n) is 4.80. The summed E-state index contributed by atoms with van der Waals surface area (Å²) >= 11 is 1.59. The number of hydrogen-bond acceptors (Lipinski definition) is 3. The molecule has 7 heteroatoms. The molecule has 0 aliphatic heterocycles. The van der Waals surface area contributed by atoms with Gasteiger partial charge in [-0.3, -0.25) is 9.48 Å². The van der Waals surface area contributed by atoms with Gasteiger partial charge in [0.05, 0.1) is 18.4 Å². The number of thiazole rings is 1. The van der Waals surface area contributed by atoms with Gasteiger partial charge in [-0.15, -0.1) is 0 Å². The molecule has 0 amide bonds. The summed E-state index contributed by atoms with van der Waals surface area (Å²) in [5.41, 5.74) is 4.53. The van der Waals surface area contributed by atoms with Crippen LogP contribution in [0.15, 0.2) is 70.8 Å². The lowest BCUT2D eigenvalue weighted by atomic mass is 10.2. The van der Waals surface area contributed by atoms with E-state index in [1.54, 1.807) is 16.0 Å². The predicted molar refractivity (Wildman–Crippen MR) is 110 cm³/mol. The van der Waals surface area contributed by atoms with Crippen LogP contribution in [0.3, 0.4) is 0 Å². The summed E-state index contributed by atoms with van der Waals surface area (Å²) in [6.07, 6.45) is 0. The molecule has 0 saturated carbocycles. The summed E-state index contributed by atoms with van der Waals surface area (Å²) < 4.78 is 5.65. The Morgan fingerprint density at radius 2 is 1.61 bits per heavy atom. The molecule has 5 nitrogen and oxygen atoms in total. The Morgan fingerprint density at radius 3 is 2.25 bits per heavy atom. The number of halogens is 1. The number of benzene rings is 2. The third-order valence-corrected chi connectivity index (χ3v) is 5.74. The van der Waals surface area contributed by atoms with Crippen molar-refractivity contribution in [1.82, 2.24) is 9.36 Å². The largest absolute Gasteiger partial charge is 1.00 e. The Kier molecular flexibility index (Phi) is 5.86. The summed E-state index contributed by atoms with van der Waals surface area (Å²) in [7, 11) is 3.91. The van der Waals surface area contributed by atoms with Gasteiger partial charge in [0.2, 0.25) is 5.69 Å². The molecule has 1 N–H and O–H groups in total. The SMILES string of the molecule is Cc1c(Nc2scc(-c3ccccc3)[n+]2C)c(=O)n(-c2ccccc2)n1C.[Br-]. The van der Waals surface area contributed by atoms with E-state index in [0.29, 0.717) is 5.69 Å². The topological polar surface area (TPSA) is 42.8 Å². The zero-order valence-electron chi connectivity index (χ0n) is 15.9. The number of aromatic nitrogens is 3. The second kappa shape index (κ2) is 8.16. The smallest absolute Gasteiger partial charge is 0.339 e. The average molecular weight is 457 g/mol. The molecular weight excluding hydrogens is 436 g/mol. The van der Waals surface area contributed by atoms with Crippen molar-refractivity contribution >= 4 is 22.2 Å². The summed E-state index contributed by atoms with van der Waals surface area (Å²) in [5, 5.41) is 6.38. The molecule has 0 saturated heterocycles. The molecule has 2 aromatic carbocycles. The first-order chi connectivity index (χ1) is 13.1. The van der Waals surface area contributed by atoms with E-state index in [1.165, 1.54) is 0 Å². The number of rotatable bonds is 4. The highest BCUT2D eigenvalue weighted by Crippen LogP contribution is 2.25. The Morgan fingerprint density at radius 1 is 1.00 bits per heavy atom. The predicted octanol–water partition coefficient (Wildman–Crippen LogP) is 0.785. The molecule has 2 aromatic heterocycles. The van der Waals surface area contributed by atoms with Crippen LogP contribution in [0.5, 0.6) is 0 Å². The van der Waals surface area contributed by atoms with E-state index in [4.69, 9.17) is 0 Å². The minimum Gasteiger partial charge on any atom is -1.00 e. The molecule has 0 radical (unpaired) electrons. The molecule has 2 heterocycles. The van der Waals surface area contributed by atoms with Gasteiger partial charge < -0.3 is 17.0 Å². The monoisotopic (exact) mass is 456 g/mol.